The second-order valence-electron chi connectivity index (χ2n) is 5.11. The summed E-state index contributed by atoms with van der Waals surface area (Å²) in [5.74, 6) is 0.828. The monoisotopic (exact) mass is 284 g/mol. The highest BCUT2D eigenvalue weighted by Crippen LogP contribution is 2.35. The molecule has 0 N–H and O–H groups in total. The molecule has 0 aromatic heterocycles. The number of rotatable bonds is 6. The van der Waals surface area contributed by atoms with E-state index in [-0.39, 0.29) is 18.0 Å². The first-order chi connectivity index (χ1) is 9.60. The van der Waals surface area contributed by atoms with Crippen molar-refractivity contribution >= 4 is 11.9 Å². The average Bonchev–Trinajstić information content (AvgIpc) is 3.34. The molecule has 2 aliphatic carbocycles. The molecular weight excluding hydrogens is 260 g/mol. The fourth-order valence-electron chi connectivity index (χ4n) is 1.73. The Kier molecular flexibility index (Phi) is 7.30. The largest absolute Gasteiger partial charge is 0.469 e. The third kappa shape index (κ3) is 7.28. The average molecular weight is 284 g/mol. The van der Waals surface area contributed by atoms with E-state index in [9.17, 15) is 9.59 Å². The summed E-state index contributed by atoms with van der Waals surface area (Å²) in [7, 11) is 4.44. The van der Waals surface area contributed by atoms with E-state index in [4.69, 9.17) is 4.74 Å². The molecule has 0 saturated heterocycles. The number of carbonyl (C=O) groups excluding carboxylic acids is 2. The molecule has 0 radical (unpaired) electrons. The predicted molar refractivity (Wildman–Crippen MR) is 74.0 cm³/mol. The Morgan fingerprint density at radius 1 is 1.10 bits per heavy atom. The first-order valence-electron chi connectivity index (χ1n) is 6.96. The molecule has 5 heteroatoms. The second-order valence-corrected chi connectivity index (χ2v) is 5.11. The maximum Gasteiger partial charge on any atom is 0.330 e. The molecule has 2 aliphatic rings. The zero-order valence-corrected chi connectivity index (χ0v) is 12.5. The van der Waals surface area contributed by atoms with E-state index in [1.165, 1.54) is 46.0 Å². The van der Waals surface area contributed by atoms with Crippen molar-refractivity contribution in [2.75, 3.05) is 21.3 Å². The lowest BCUT2D eigenvalue weighted by molar-refractivity contribution is -0.143. The minimum Gasteiger partial charge on any atom is -0.469 e. The number of hydrogen-bond donors (Lipinski definition) is 0. The molecule has 2 saturated carbocycles. The lowest BCUT2D eigenvalue weighted by Crippen LogP contribution is -2.18. The maximum atomic E-state index is 10.8. The minimum absolute atomic E-state index is 0.0856. The van der Waals surface area contributed by atoms with Crippen molar-refractivity contribution in [2.24, 2.45) is 11.8 Å². The highest BCUT2D eigenvalue weighted by molar-refractivity contribution is 5.81. The van der Waals surface area contributed by atoms with Gasteiger partial charge in [0.1, 0.15) is 0 Å². The van der Waals surface area contributed by atoms with Gasteiger partial charge in [0.05, 0.1) is 26.7 Å². The minimum atomic E-state index is -0.248. The smallest absolute Gasteiger partial charge is 0.330 e. The van der Waals surface area contributed by atoms with E-state index < -0.39 is 0 Å². The van der Waals surface area contributed by atoms with Gasteiger partial charge in [0.15, 0.2) is 0 Å². The maximum absolute atomic E-state index is 10.8. The number of esters is 2. The van der Waals surface area contributed by atoms with Crippen LogP contribution in [-0.2, 0) is 23.8 Å². The van der Waals surface area contributed by atoms with E-state index in [2.05, 4.69) is 9.47 Å². The van der Waals surface area contributed by atoms with Crippen molar-refractivity contribution in [3.8, 4) is 0 Å². The van der Waals surface area contributed by atoms with Crippen LogP contribution in [0.1, 0.15) is 32.1 Å². The Hall–Kier alpha value is -1.36. The normalized spacial score (nSPS) is 18.9. The molecule has 2 fully saturated rings. The zero-order valence-electron chi connectivity index (χ0n) is 12.5. The lowest BCUT2D eigenvalue weighted by Gasteiger charge is -2.11. The van der Waals surface area contributed by atoms with E-state index in [0.717, 1.165) is 0 Å². The van der Waals surface area contributed by atoms with Gasteiger partial charge in [0.25, 0.3) is 0 Å². The van der Waals surface area contributed by atoms with Crippen LogP contribution in [0.4, 0.5) is 0 Å². The number of carbonyl (C=O) groups is 2. The molecule has 1 unspecified atom stereocenters. The first-order valence-corrected chi connectivity index (χ1v) is 6.96. The van der Waals surface area contributed by atoms with Crippen molar-refractivity contribution in [1.82, 2.24) is 0 Å². The molecule has 0 amide bonds. The molecule has 0 heterocycles. The number of allylic oxidation sites excluding steroid dienone is 1. The highest BCUT2D eigenvalue weighted by atomic mass is 16.5. The van der Waals surface area contributed by atoms with Gasteiger partial charge in [-0.3, -0.25) is 4.79 Å². The van der Waals surface area contributed by atoms with Crippen LogP contribution < -0.4 is 0 Å². The number of hydrogen-bond acceptors (Lipinski definition) is 5. The van der Waals surface area contributed by atoms with Crippen molar-refractivity contribution in [2.45, 2.75) is 38.2 Å². The van der Waals surface area contributed by atoms with E-state index >= 15 is 0 Å². The first kappa shape index (κ1) is 16.7. The number of methoxy groups -OCH3 is 3. The van der Waals surface area contributed by atoms with E-state index in [1.54, 1.807) is 7.11 Å². The highest BCUT2D eigenvalue weighted by Gasteiger charge is 2.32. The molecule has 0 bridgehead atoms. The van der Waals surface area contributed by atoms with E-state index in [1.807, 2.05) is 6.08 Å². The molecule has 1 atom stereocenters. The lowest BCUT2D eigenvalue weighted by atomic mass is 10.2. The van der Waals surface area contributed by atoms with Gasteiger partial charge in [0, 0.05) is 13.2 Å². The third-order valence-corrected chi connectivity index (χ3v) is 3.37. The molecule has 2 rings (SSSR count). The fourth-order valence-corrected chi connectivity index (χ4v) is 1.73. The van der Waals surface area contributed by atoms with Crippen molar-refractivity contribution in [3.63, 3.8) is 0 Å². The van der Waals surface area contributed by atoms with Crippen molar-refractivity contribution in [3.05, 3.63) is 12.2 Å². The fraction of sp³-hybridized carbons (Fsp3) is 0.733. The Bertz CT molecular complexity index is 342. The van der Waals surface area contributed by atoms with Gasteiger partial charge in [-0.1, -0.05) is 6.08 Å². The summed E-state index contributed by atoms with van der Waals surface area (Å²) in [6.45, 7) is 0. The van der Waals surface area contributed by atoms with Gasteiger partial charge in [0.2, 0.25) is 0 Å². The van der Waals surface area contributed by atoms with Crippen LogP contribution in [0.5, 0.6) is 0 Å². The topological polar surface area (TPSA) is 61.8 Å². The van der Waals surface area contributed by atoms with Gasteiger partial charge in [-0.2, -0.15) is 0 Å². The Morgan fingerprint density at radius 3 is 2.15 bits per heavy atom. The van der Waals surface area contributed by atoms with Gasteiger partial charge in [-0.25, -0.2) is 4.79 Å². The number of ether oxygens (including phenoxy) is 3. The standard InChI is InChI=1S/C8H14O3.C7H10O2/c1-10-7(6-3-4-6)5-8(9)11-2;1-9-7(8)5-4-6-2-3-6/h6-7H,3-5H2,1-2H3;4-6H,2-3H2,1H3. The molecule has 20 heavy (non-hydrogen) atoms. The van der Waals surface area contributed by atoms with Crippen LogP contribution in [0.25, 0.3) is 0 Å². The van der Waals surface area contributed by atoms with Gasteiger partial charge in [-0.15, -0.1) is 0 Å². The molecule has 0 aromatic carbocycles. The Labute approximate surface area is 120 Å². The van der Waals surface area contributed by atoms with Crippen LogP contribution in [0.2, 0.25) is 0 Å². The summed E-state index contributed by atoms with van der Waals surface area (Å²) in [4.78, 5) is 21.2. The Morgan fingerprint density at radius 2 is 1.75 bits per heavy atom. The summed E-state index contributed by atoms with van der Waals surface area (Å²) in [5.41, 5.74) is 0. The Balaban J connectivity index is 0.000000204. The van der Waals surface area contributed by atoms with E-state index in [0.29, 0.717) is 18.3 Å². The summed E-state index contributed by atoms with van der Waals surface area (Å²) in [5, 5.41) is 0. The molecule has 0 spiro atoms. The van der Waals surface area contributed by atoms with Crippen molar-refractivity contribution in [1.29, 1.82) is 0 Å². The van der Waals surface area contributed by atoms with Crippen LogP contribution in [0, 0.1) is 11.8 Å². The van der Waals surface area contributed by atoms with Crippen LogP contribution in [-0.4, -0.2) is 39.4 Å². The molecular formula is C15H24O5. The molecule has 5 nitrogen and oxygen atoms in total. The van der Waals surface area contributed by atoms with Gasteiger partial charge < -0.3 is 14.2 Å². The second kappa shape index (κ2) is 8.74. The molecule has 0 aromatic rings. The van der Waals surface area contributed by atoms with Crippen LogP contribution >= 0.6 is 0 Å². The molecule has 0 aliphatic heterocycles. The van der Waals surface area contributed by atoms with Gasteiger partial charge >= 0.3 is 11.9 Å². The SMILES string of the molecule is COC(=O)C=CC1CC1.COC(=O)CC(OC)C1CC1. The van der Waals surface area contributed by atoms with Crippen molar-refractivity contribution < 1.29 is 23.8 Å². The quantitative estimate of drug-likeness (QED) is 0.552. The summed E-state index contributed by atoms with van der Waals surface area (Å²) >= 11 is 0. The van der Waals surface area contributed by atoms with Gasteiger partial charge in [-0.05, 0) is 37.5 Å². The van der Waals surface area contributed by atoms with Crippen LogP contribution in [0.15, 0.2) is 12.2 Å². The predicted octanol–water partition coefficient (Wildman–Crippen LogP) is 2.10. The molecule has 114 valence electrons. The summed E-state index contributed by atoms with van der Waals surface area (Å²) < 4.78 is 14.1. The van der Waals surface area contributed by atoms with Crippen LogP contribution in [0.3, 0.4) is 0 Å². The third-order valence-electron chi connectivity index (χ3n) is 3.37. The summed E-state index contributed by atoms with van der Waals surface area (Å²) in [6, 6.07) is 0. The summed E-state index contributed by atoms with van der Waals surface area (Å²) in [6.07, 6.45) is 8.73. The zero-order chi connectivity index (χ0) is 15.0.